The third-order valence-corrected chi connectivity index (χ3v) is 5.73. The van der Waals surface area contributed by atoms with Crippen molar-refractivity contribution in [3.8, 4) is 28.3 Å². The van der Waals surface area contributed by atoms with Crippen molar-refractivity contribution in [2.45, 2.75) is 24.8 Å². The van der Waals surface area contributed by atoms with Crippen LogP contribution >= 0.6 is 0 Å². The van der Waals surface area contributed by atoms with Crippen LogP contribution < -0.4 is 10.5 Å². The Kier molecular flexibility index (Phi) is 3.91. The number of rotatable bonds is 4. The van der Waals surface area contributed by atoms with Crippen LogP contribution in [-0.2, 0) is 5.54 Å². The number of imidazole rings is 1. The number of fused-ring (bicyclic) bond motifs is 1. The molecule has 2 aromatic carbocycles. The van der Waals surface area contributed by atoms with Gasteiger partial charge in [0.1, 0.15) is 5.69 Å². The first kappa shape index (κ1) is 17.0. The number of aromatic nitrogens is 3. The predicted molar refractivity (Wildman–Crippen MR) is 110 cm³/mol. The highest BCUT2D eigenvalue weighted by Gasteiger charge is 2.34. The van der Waals surface area contributed by atoms with E-state index in [9.17, 15) is 0 Å². The van der Waals surface area contributed by atoms with Crippen molar-refractivity contribution in [2.24, 2.45) is 5.73 Å². The molecule has 1 aliphatic rings. The van der Waals surface area contributed by atoms with E-state index >= 15 is 0 Å². The number of hydrogen-bond donors (Lipinski definition) is 1. The van der Waals surface area contributed by atoms with E-state index in [1.165, 1.54) is 12.0 Å². The molecule has 0 amide bonds. The number of ether oxygens (including phenoxy) is 1. The molecule has 28 heavy (non-hydrogen) atoms. The van der Waals surface area contributed by atoms with Crippen LogP contribution in [-0.4, -0.2) is 21.7 Å². The molecule has 1 fully saturated rings. The van der Waals surface area contributed by atoms with Gasteiger partial charge in [-0.25, -0.2) is 9.50 Å². The largest absolute Gasteiger partial charge is 0.493 e. The third kappa shape index (κ3) is 2.59. The summed E-state index contributed by atoms with van der Waals surface area (Å²) in [5.41, 5.74) is 12.2. The highest BCUT2D eigenvalue weighted by Crippen LogP contribution is 2.40. The predicted octanol–water partition coefficient (Wildman–Crippen LogP) is 4.41. The molecular weight excluding hydrogens is 348 g/mol. The molecule has 1 aliphatic carbocycles. The molecule has 0 saturated heterocycles. The minimum atomic E-state index is -0.162. The number of nitrogens with zero attached hydrogens (tertiary/aromatic N) is 3. The van der Waals surface area contributed by atoms with Crippen LogP contribution in [0.1, 0.15) is 24.8 Å². The number of nitrogens with two attached hydrogens (primary N) is 1. The molecule has 2 heterocycles. The van der Waals surface area contributed by atoms with Gasteiger partial charge in [0, 0.05) is 22.7 Å². The average Bonchev–Trinajstić information content (AvgIpc) is 3.12. The van der Waals surface area contributed by atoms with Crippen molar-refractivity contribution in [3.05, 3.63) is 72.4 Å². The average molecular weight is 370 g/mol. The second-order valence-electron chi connectivity index (χ2n) is 7.40. The molecule has 0 bridgehead atoms. The maximum Gasteiger partial charge on any atom is 0.197 e. The Hall–Kier alpha value is -3.18. The van der Waals surface area contributed by atoms with Gasteiger partial charge in [0.2, 0.25) is 0 Å². The summed E-state index contributed by atoms with van der Waals surface area (Å²) in [4.78, 5) is 4.90. The lowest BCUT2D eigenvalue weighted by atomic mass is 9.72. The van der Waals surface area contributed by atoms with Crippen LogP contribution in [0.4, 0.5) is 0 Å². The minimum Gasteiger partial charge on any atom is -0.493 e. The summed E-state index contributed by atoms with van der Waals surface area (Å²) in [6, 6.07) is 20.5. The van der Waals surface area contributed by atoms with Gasteiger partial charge in [-0.05, 0) is 24.8 Å². The van der Waals surface area contributed by atoms with E-state index in [1.54, 1.807) is 13.3 Å². The Morgan fingerprint density at radius 1 is 0.964 bits per heavy atom. The molecule has 5 heteroatoms. The summed E-state index contributed by atoms with van der Waals surface area (Å²) in [6.07, 6.45) is 5.05. The lowest BCUT2D eigenvalue weighted by Crippen LogP contribution is -2.43. The topological polar surface area (TPSA) is 65.4 Å². The number of benzene rings is 2. The van der Waals surface area contributed by atoms with Crippen LogP contribution in [0.3, 0.4) is 0 Å². The van der Waals surface area contributed by atoms with Crippen LogP contribution in [0.15, 0.2) is 66.9 Å². The first-order valence-corrected chi connectivity index (χ1v) is 9.56. The molecule has 5 rings (SSSR count). The molecule has 0 aliphatic heterocycles. The van der Waals surface area contributed by atoms with Crippen molar-refractivity contribution in [2.75, 3.05) is 7.11 Å². The Labute approximate surface area is 163 Å². The van der Waals surface area contributed by atoms with Crippen LogP contribution in [0.5, 0.6) is 5.75 Å². The summed E-state index contributed by atoms with van der Waals surface area (Å²) in [5.74, 6) is 0.699. The van der Waals surface area contributed by atoms with Gasteiger partial charge in [0.25, 0.3) is 0 Å². The van der Waals surface area contributed by atoms with E-state index in [1.807, 2.05) is 28.8 Å². The Bertz CT molecular complexity index is 1130. The molecule has 0 spiro atoms. The lowest BCUT2D eigenvalue weighted by molar-refractivity contribution is 0.253. The first-order chi connectivity index (χ1) is 13.7. The van der Waals surface area contributed by atoms with Gasteiger partial charge in [-0.2, -0.15) is 5.10 Å². The van der Waals surface area contributed by atoms with E-state index in [0.29, 0.717) is 11.4 Å². The Morgan fingerprint density at radius 3 is 2.36 bits per heavy atom. The van der Waals surface area contributed by atoms with Crippen molar-refractivity contribution in [1.82, 2.24) is 14.6 Å². The quantitative estimate of drug-likeness (QED) is 0.578. The van der Waals surface area contributed by atoms with Gasteiger partial charge in [-0.1, -0.05) is 54.6 Å². The fraction of sp³-hybridized carbons (Fsp3) is 0.217. The zero-order valence-corrected chi connectivity index (χ0v) is 15.8. The van der Waals surface area contributed by atoms with Crippen LogP contribution in [0, 0.1) is 0 Å². The normalized spacial score (nSPS) is 15.4. The maximum absolute atomic E-state index is 6.49. The molecule has 2 N–H and O–H groups in total. The Balaban J connectivity index is 1.70. The SMILES string of the molecule is COc1ccnn2c(-c3ccccc3)c(-c3ccc(C4(N)CCC4)cc3)nc12. The van der Waals surface area contributed by atoms with E-state index in [4.69, 9.17) is 15.5 Å². The van der Waals surface area contributed by atoms with Gasteiger partial charge in [-0.3, -0.25) is 0 Å². The number of hydrogen-bond acceptors (Lipinski definition) is 4. The second-order valence-corrected chi connectivity index (χ2v) is 7.40. The maximum atomic E-state index is 6.49. The van der Waals surface area contributed by atoms with E-state index < -0.39 is 0 Å². The molecule has 0 unspecified atom stereocenters. The zero-order chi connectivity index (χ0) is 19.1. The standard InChI is InChI=1S/C23H22N4O/c1-28-19-12-15-25-27-21(17-6-3-2-4-7-17)20(26-22(19)27)16-8-10-18(11-9-16)23(24)13-5-14-23/h2-4,6-12,15H,5,13-14,24H2,1H3. The zero-order valence-electron chi connectivity index (χ0n) is 15.8. The van der Waals surface area contributed by atoms with Gasteiger partial charge >= 0.3 is 0 Å². The lowest BCUT2D eigenvalue weighted by Gasteiger charge is -2.38. The molecule has 5 nitrogen and oxygen atoms in total. The summed E-state index contributed by atoms with van der Waals surface area (Å²) in [5, 5.41) is 4.55. The Morgan fingerprint density at radius 2 is 1.71 bits per heavy atom. The highest BCUT2D eigenvalue weighted by molar-refractivity contribution is 5.82. The van der Waals surface area contributed by atoms with Gasteiger partial charge < -0.3 is 10.5 Å². The minimum absolute atomic E-state index is 0.162. The van der Waals surface area contributed by atoms with Crippen LogP contribution in [0.2, 0.25) is 0 Å². The summed E-state index contributed by atoms with van der Waals surface area (Å²) >= 11 is 0. The van der Waals surface area contributed by atoms with E-state index in [0.717, 1.165) is 35.4 Å². The summed E-state index contributed by atoms with van der Waals surface area (Å²) in [6.45, 7) is 0. The third-order valence-electron chi connectivity index (χ3n) is 5.73. The molecule has 0 atom stereocenters. The molecule has 4 aromatic rings. The highest BCUT2D eigenvalue weighted by atomic mass is 16.5. The van der Waals surface area contributed by atoms with Crippen molar-refractivity contribution >= 4 is 5.65 Å². The number of methoxy groups -OCH3 is 1. The van der Waals surface area contributed by atoms with Gasteiger partial charge in [0.15, 0.2) is 11.4 Å². The van der Waals surface area contributed by atoms with Crippen molar-refractivity contribution in [1.29, 1.82) is 0 Å². The molecule has 140 valence electrons. The van der Waals surface area contributed by atoms with E-state index in [-0.39, 0.29) is 5.54 Å². The van der Waals surface area contributed by atoms with Crippen molar-refractivity contribution in [3.63, 3.8) is 0 Å². The smallest absolute Gasteiger partial charge is 0.197 e. The van der Waals surface area contributed by atoms with Crippen molar-refractivity contribution < 1.29 is 4.74 Å². The summed E-state index contributed by atoms with van der Waals surface area (Å²) in [7, 11) is 1.65. The first-order valence-electron chi connectivity index (χ1n) is 9.56. The van der Waals surface area contributed by atoms with Crippen LogP contribution in [0.25, 0.3) is 28.2 Å². The molecule has 1 saturated carbocycles. The monoisotopic (exact) mass is 370 g/mol. The van der Waals surface area contributed by atoms with Gasteiger partial charge in [-0.15, -0.1) is 0 Å². The molecular formula is C23H22N4O. The fourth-order valence-corrected chi connectivity index (χ4v) is 3.95. The molecule has 2 aromatic heterocycles. The summed E-state index contributed by atoms with van der Waals surface area (Å²) < 4.78 is 7.37. The van der Waals surface area contributed by atoms with E-state index in [2.05, 4.69) is 41.5 Å². The van der Waals surface area contributed by atoms with Gasteiger partial charge in [0.05, 0.1) is 19.0 Å². The second kappa shape index (κ2) is 6.46. The molecule has 0 radical (unpaired) electrons. The fourth-order valence-electron chi connectivity index (χ4n) is 3.95.